The molecule has 34 heavy (non-hydrogen) atoms. The third-order valence-electron chi connectivity index (χ3n) is 9.66. The average molecular weight is 475 g/mol. The maximum Gasteiger partial charge on any atom is 0.183 e. The van der Waals surface area contributed by atoms with E-state index < -0.39 is 0 Å². The molecule has 7 unspecified atom stereocenters. The zero-order valence-corrected chi connectivity index (χ0v) is 20.9. The number of benzene rings is 1. The van der Waals surface area contributed by atoms with Gasteiger partial charge in [-0.1, -0.05) is 55.8 Å². The maximum atomic E-state index is 12.0. The second-order valence-electron chi connectivity index (χ2n) is 11.3. The number of carbonyl (C=O) groups is 1. The fourth-order valence-electron chi connectivity index (χ4n) is 8.11. The molecule has 4 aliphatic rings. The molecule has 1 aromatic carbocycles. The summed E-state index contributed by atoms with van der Waals surface area (Å²) >= 11 is 1.70. The van der Waals surface area contributed by atoms with E-state index in [2.05, 4.69) is 54.9 Å². The van der Waals surface area contributed by atoms with Crippen LogP contribution in [0.15, 0.2) is 59.5 Å². The predicted molar refractivity (Wildman–Crippen MR) is 137 cm³/mol. The van der Waals surface area contributed by atoms with Gasteiger partial charge in [-0.2, -0.15) is 0 Å². The summed E-state index contributed by atoms with van der Waals surface area (Å²) in [6, 6.07) is 10.4. The Hall–Kier alpha value is -2.24. The van der Waals surface area contributed by atoms with Crippen LogP contribution in [0.3, 0.4) is 0 Å². The van der Waals surface area contributed by atoms with Gasteiger partial charge in [0.1, 0.15) is 0 Å². The predicted octanol–water partition coefficient (Wildman–Crippen LogP) is 6.12. The van der Waals surface area contributed by atoms with Crippen LogP contribution in [0, 0.1) is 28.6 Å². The molecule has 0 radical (unpaired) electrons. The fourth-order valence-corrected chi connectivity index (χ4v) is 8.88. The Morgan fingerprint density at radius 3 is 2.82 bits per heavy atom. The number of aliphatic hydroxyl groups excluding tert-OH is 1. The van der Waals surface area contributed by atoms with Gasteiger partial charge in [0.25, 0.3) is 0 Å². The van der Waals surface area contributed by atoms with E-state index in [0.717, 1.165) is 37.4 Å². The zero-order valence-electron chi connectivity index (χ0n) is 20.0. The molecule has 5 heteroatoms. The van der Waals surface area contributed by atoms with Crippen LogP contribution in [-0.4, -0.2) is 22.0 Å². The van der Waals surface area contributed by atoms with Crippen LogP contribution < -0.4 is 5.32 Å². The van der Waals surface area contributed by atoms with E-state index in [9.17, 15) is 9.90 Å². The largest absolute Gasteiger partial charge is 0.393 e. The van der Waals surface area contributed by atoms with Crippen molar-refractivity contribution in [3.05, 3.63) is 70.8 Å². The van der Waals surface area contributed by atoms with Crippen LogP contribution in [0.5, 0.6) is 0 Å². The summed E-state index contributed by atoms with van der Waals surface area (Å²) < 4.78 is 0. The number of allylic oxidation sites excluding steroid dienone is 4. The molecule has 4 aliphatic carbocycles. The molecule has 178 valence electrons. The Bertz CT molecular complexity index is 1150. The van der Waals surface area contributed by atoms with E-state index in [0.29, 0.717) is 17.8 Å². The number of fused-ring (bicyclic) bond motifs is 5. The number of aliphatic hydroxyl groups is 1. The minimum Gasteiger partial charge on any atom is -0.393 e. The van der Waals surface area contributed by atoms with Crippen molar-refractivity contribution in [3.63, 3.8) is 0 Å². The molecule has 6 rings (SSSR count). The second kappa shape index (κ2) is 8.17. The standard InChI is InChI=1S/C29H34N2O2S/c1-28-13-12-20(32)14-19(28)8-9-21-22-10-11-23(29(22,2)15-25(33)26(21)28)24-17-34-27(31-24)30-16-18-6-4-3-5-7-18/h3-7,12-14,17,21-23,25-26,33H,8-11,15-16H2,1-2H3,(H,30,31). The normalized spacial score (nSPS) is 38.6. The fraction of sp³-hybridized carbons (Fsp3) is 0.517. The van der Waals surface area contributed by atoms with Gasteiger partial charge in [0.15, 0.2) is 10.9 Å². The molecule has 4 nitrogen and oxygen atoms in total. The number of thiazole rings is 1. The first-order valence-electron chi connectivity index (χ1n) is 12.7. The Balaban J connectivity index is 1.23. The van der Waals surface area contributed by atoms with Crippen molar-refractivity contribution in [1.29, 1.82) is 0 Å². The summed E-state index contributed by atoms with van der Waals surface area (Å²) in [6.07, 6.45) is 10.5. The molecule has 3 saturated carbocycles. The van der Waals surface area contributed by atoms with Crippen LogP contribution in [-0.2, 0) is 11.3 Å². The van der Waals surface area contributed by atoms with E-state index in [4.69, 9.17) is 4.98 Å². The molecular formula is C29H34N2O2S. The number of aromatic nitrogens is 1. The highest BCUT2D eigenvalue weighted by molar-refractivity contribution is 7.13. The number of nitrogens with one attached hydrogen (secondary N) is 1. The first kappa shape index (κ1) is 22.2. The number of carbonyl (C=O) groups excluding carboxylic acids is 1. The topological polar surface area (TPSA) is 62.2 Å². The van der Waals surface area contributed by atoms with Gasteiger partial charge < -0.3 is 10.4 Å². The number of hydrogen-bond acceptors (Lipinski definition) is 5. The summed E-state index contributed by atoms with van der Waals surface area (Å²) in [7, 11) is 0. The van der Waals surface area contributed by atoms with Gasteiger partial charge in [0.2, 0.25) is 0 Å². The number of ketones is 1. The van der Waals surface area contributed by atoms with Crippen LogP contribution in [0.1, 0.15) is 63.1 Å². The van der Waals surface area contributed by atoms with Crippen molar-refractivity contribution in [2.24, 2.45) is 28.6 Å². The molecule has 0 bridgehead atoms. The third-order valence-corrected chi connectivity index (χ3v) is 10.5. The minimum atomic E-state index is -0.354. The first-order valence-corrected chi connectivity index (χ1v) is 13.6. The maximum absolute atomic E-state index is 12.0. The Labute approximate surface area is 206 Å². The van der Waals surface area contributed by atoms with Crippen LogP contribution >= 0.6 is 11.3 Å². The van der Waals surface area contributed by atoms with Gasteiger partial charge in [0.05, 0.1) is 11.8 Å². The summed E-state index contributed by atoms with van der Waals surface area (Å²) in [5.41, 5.74) is 3.56. The molecule has 2 aromatic rings. The third kappa shape index (κ3) is 3.43. The van der Waals surface area contributed by atoms with Crippen LogP contribution in [0.25, 0.3) is 0 Å². The highest BCUT2D eigenvalue weighted by Gasteiger charge is 2.61. The van der Waals surface area contributed by atoms with Crippen LogP contribution in [0.2, 0.25) is 0 Å². The molecule has 7 atom stereocenters. The van der Waals surface area contributed by atoms with E-state index in [-0.39, 0.29) is 28.6 Å². The summed E-state index contributed by atoms with van der Waals surface area (Å²) in [6.45, 7) is 5.45. The van der Waals surface area contributed by atoms with E-state index >= 15 is 0 Å². The Morgan fingerprint density at radius 2 is 2.00 bits per heavy atom. The molecule has 1 heterocycles. The van der Waals surface area contributed by atoms with Crippen molar-refractivity contribution in [1.82, 2.24) is 4.98 Å². The van der Waals surface area contributed by atoms with Crippen LogP contribution in [0.4, 0.5) is 5.13 Å². The quantitative estimate of drug-likeness (QED) is 0.561. The molecule has 0 aliphatic heterocycles. The van der Waals surface area contributed by atoms with E-state index in [1.54, 1.807) is 17.4 Å². The molecular weight excluding hydrogens is 440 g/mol. The molecule has 3 fully saturated rings. The molecule has 0 spiro atoms. The smallest absolute Gasteiger partial charge is 0.183 e. The van der Waals surface area contributed by atoms with E-state index in [1.165, 1.54) is 23.3 Å². The minimum absolute atomic E-state index is 0.0666. The van der Waals surface area contributed by atoms with E-state index in [1.807, 2.05) is 12.1 Å². The molecule has 0 amide bonds. The van der Waals surface area contributed by atoms with Gasteiger partial charge in [-0.25, -0.2) is 4.98 Å². The van der Waals surface area contributed by atoms with Gasteiger partial charge in [-0.15, -0.1) is 11.3 Å². The Kier molecular flexibility index (Phi) is 5.34. The SMILES string of the molecule is CC12C=CC(=O)C=C1CCC1C2C(O)CC2(C)C(c3csc(NCc4ccccc4)n3)CCC12. The first-order chi connectivity index (χ1) is 16.4. The van der Waals surface area contributed by atoms with Gasteiger partial charge in [-0.05, 0) is 67.1 Å². The monoisotopic (exact) mass is 474 g/mol. The number of anilines is 1. The highest BCUT2D eigenvalue weighted by Crippen LogP contribution is 2.67. The summed E-state index contributed by atoms with van der Waals surface area (Å²) in [5.74, 6) is 1.78. The molecule has 2 N–H and O–H groups in total. The van der Waals surface area contributed by atoms with Crippen molar-refractivity contribution < 1.29 is 9.90 Å². The highest BCUT2D eigenvalue weighted by atomic mass is 32.1. The van der Waals surface area contributed by atoms with Crippen molar-refractivity contribution in [3.8, 4) is 0 Å². The number of hydrogen-bond donors (Lipinski definition) is 2. The lowest BCUT2D eigenvalue weighted by Crippen LogP contribution is -2.55. The van der Waals surface area contributed by atoms with Crippen molar-refractivity contribution >= 4 is 22.3 Å². The second-order valence-corrected chi connectivity index (χ2v) is 12.2. The lowest BCUT2D eigenvalue weighted by molar-refractivity contribution is -0.115. The lowest BCUT2D eigenvalue weighted by Gasteiger charge is -2.58. The Morgan fingerprint density at radius 1 is 1.18 bits per heavy atom. The number of rotatable bonds is 4. The number of nitrogens with zero attached hydrogens (tertiary/aromatic N) is 1. The van der Waals surface area contributed by atoms with Gasteiger partial charge in [0, 0.05) is 29.2 Å². The van der Waals surface area contributed by atoms with Gasteiger partial charge >= 0.3 is 0 Å². The molecule has 1 aromatic heterocycles. The van der Waals surface area contributed by atoms with Gasteiger partial charge in [-0.3, -0.25) is 4.79 Å². The van der Waals surface area contributed by atoms with Crippen molar-refractivity contribution in [2.75, 3.05) is 5.32 Å². The summed E-state index contributed by atoms with van der Waals surface area (Å²) in [5, 5.41) is 18.3. The summed E-state index contributed by atoms with van der Waals surface area (Å²) in [4.78, 5) is 17.1. The zero-order chi connectivity index (χ0) is 23.5. The lowest BCUT2D eigenvalue weighted by atomic mass is 9.47. The molecule has 0 saturated heterocycles. The van der Waals surface area contributed by atoms with Crippen molar-refractivity contribution in [2.45, 2.75) is 64.5 Å². The average Bonchev–Trinajstić information content (AvgIpc) is 3.42.